The molecule has 0 fully saturated rings. The van der Waals surface area contributed by atoms with E-state index in [0.717, 1.165) is 11.4 Å². The Morgan fingerprint density at radius 3 is 2.92 bits per heavy atom. The Kier molecular flexibility index (Phi) is 3.53. The van der Waals surface area contributed by atoms with Gasteiger partial charge in [0.15, 0.2) is 0 Å². The summed E-state index contributed by atoms with van der Waals surface area (Å²) >= 11 is 5.82. The fourth-order valence-electron chi connectivity index (χ4n) is 1.08. The Balaban J connectivity index is 2.63. The number of nitrogens with two attached hydrogens (primary N) is 1. The van der Waals surface area contributed by atoms with Crippen molar-refractivity contribution in [1.29, 1.82) is 0 Å². The van der Waals surface area contributed by atoms with E-state index in [2.05, 4.69) is 5.43 Å². The number of hydrazine groups is 1. The molecule has 12 heavy (non-hydrogen) atoms. The molecule has 1 aromatic carbocycles. The molecule has 0 radical (unpaired) electrons. The van der Waals surface area contributed by atoms with Crippen molar-refractivity contribution in [1.82, 2.24) is 5.43 Å². The summed E-state index contributed by atoms with van der Waals surface area (Å²) in [5.41, 5.74) is 3.89. The second-order valence-corrected chi connectivity index (χ2v) is 3.34. The van der Waals surface area contributed by atoms with Gasteiger partial charge in [0.2, 0.25) is 0 Å². The van der Waals surface area contributed by atoms with Crippen LogP contribution in [0.4, 0.5) is 0 Å². The third-order valence-corrected chi connectivity index (χ3v) is 1.95. The van der Waals surface area contributed by atoms with Crippen molar-refractivity contribution >= 4 is 11.6 Å². The summed E-state index contributed by atoms with van der Waals surface area (Å²) in [6, 6.07) is 8.09. The summed E-state index contributed by atoms with van der Waals surface area (Å²) in [6.45, 7) is 2.03. The van der Waals surface area contributed by atoms with Crippen molar-refractivity contribution in [2.24, 2.45) is 5.84 Å². The lowest BCUT2D eigenvalue weighted by Crippen LogP contribution is -2.34. The molecule has 0 amide bonds. The van der Waals surface area contributed by atoms with Crippen molar-refractivity contribution in [3.05, 3.63) is 34.9 Å². The van der Waals surface area contributed by atoms with E-state index in [-0.39, 0.29) is 6.04 Å². The molecule has 0 bridgehead atoms. The van der Waals surface area contributed by atoms with Gasteiger partial charge in [-0.15, -0.1) is 0 Å². The highest BCUT2D eigenvalue weighted by atomic mass is 35.5. The SMILES string of the molecule is C[C@@H](Cc1cccc(Cl)c1)NN. The zero-order valence-corrected chi connectivity index (χ0v) is 7.81. The normalized spacial score (nSPS) is 12.9. The van der Waals surface area contributed by atoms with Gasteiger partial charge in [-0.3, -0.25) is 11.3 Å². The zero-order valence-electron chi connectivity index (χ0n) is 7.05. The highest BCUT2D eigenvalue weighted by Crippen LogP contribution is 2.11. The average Bonchev–Trinajstić information content (AvgIpc) is 2.04. The van der Waals surface area contributed by atoms with Gasteiger partial charge in [0.25, 0.3) is 0 Å². The van der Waals surface area contributed by atoms with Crippen molar-refractivity contribution in [3.8, 4) is 0 Å². The van der Waals surface area contributed by atoms with Gasteiger partial charge in [-0.05, 0) is 31.0 Å². The number of hydrogen-bond donors (Lipinski definition) is 2. The minimum absolute atomic E-state index is 0.281. The van der Waals surface area contributed by atoms with Crippen LogP contribution in [0.3, 0.4) is 0 Å². The number of hydrogen-bond acceptors (Lipinski definition) is 2. The Morgan fingerprint density at radius 2 is 2.33 bits per heavy atom. The molecule has 1 atom stereocenters. The molecular weight excluding hydrogens is 172 g/mol. The Morgan fingerprint density at radius 1 is 1.58 bits per heavy atom. The summed E-state index contributed by atoms with van der Waals surface area (Å²) in [5.74, 6) is 5.27. The van der Waals surface area contributed by atoms with Crippen LogP contribution >= 0.6 is 11.6 Å². The number of rotatable bonds is 3. The fourth-order valence-corrected chi connectivity index (χ4v) is 1.29. The summed E-state index contributed by atoms with van der Waals surface area (Å²) in [4.78, 5) is 0. The third-order valence-electron chi connectivity index (χ3n) is 1.72. The summed E-state index contributed by atoms with van der Waals surface area (Å²) in [6.07, 6.45) is 0.900. The van der Waals surface area contributed by atoms with Crippen LogP contribution < -0.4 is 11.3 Å². The first-order valence-corrected chi connectivity index (χ1v) is 4.30. The Hall–Kier alpha value is -0.570. The Bertz CT molecular complexity index is 250. The maximum Gasteiger partial charge on any atom is 0.0408 e. The molecular formula is C9H13ClN2. The van der Waals surface area contributed by atoms with E-state index in [1.54, 1.807) is 0 Å². The van der Waals surface area contributed by atoms with E-state index < -0.39 is 0 Å². The molecule has 0 aliphatic heterocycles. The van der Waals surface area contributed by atoms with Crippen LogP contribution in [0.1, 0.15) is 12.5 Å². The van der Waals surface area contributed by atoms with Gasteiger partial charge in [-0.25, -0.2) is 0 Å². The van der Waals surface area contributed by atoms with Crippen LogP contribution in [-0.2, 0) is 6.42 Å². The molecule has 0 saturated heterocycles. The molecule has 0 aliphatic rings. The molecule has 0 spiro atoms. The lowest BCUT2D eigenvalue weighted by atomic mass is 10.1. The van der Waals surface area contributed by atoms with Gasteiger partial charge in [-0.1, -0.05) is 23.7 Å². The zero-order chi connectivity index (χ0) is 8.97. The van der Waals surface area contributed by atoms with Crippen LogP contribution in [0.15, 0.2) is 24.3 Å². The van der Waals surface area contributed by atoms with Gasteiger partial charge in [0.05, 0.1) is 0 Å². The van der Waals surface area contributed by atoms with Gasteiger partial charge < -0.3 is 0 Å². The van der Waals surface area contributed by atoms with Gasteiger partial charge in [0, 0.05) is 11.1 Å². The van der Waals surface area contributed by atoms with E-state index in [9.17, 15) is 0 Å². The molecule has 3 N–H and O–H groups in total. The minimum Gasteiger partial charge on any atom is -0.271 e. The first-order chi connectivity index (χ1) is 5.72. The van der Waals surface area contributed by atoms with Crippen molar-refractivity contribution < 1.29 is 0 Å². The van der Waals surface area contributed by atoms with Crippen LogP contribution in [0, 0.1) is 0 Å². The third kappa shape index (κ3) is 2.81. The number of nitrogens with one attached hydrogen (secondary N) is 1. The first-order valence-electron chi connectivity index (χ1n) is 3.93. The summed E-state index contributed by atoms with van der Waals surface area (Å²) in [5, 5.41) is 0.775. The fraction of sp³-hybridized carbons (Fsp3) is 0.333. The van der Waals surface area contributed by atoms with Crippen LogP contribution in [0.2, 0.25) is 5.02 Å². The number of halogens is 1. The second kappa shape index (κ2) is 4.45. The minimum atomic E-state index is 0.281. The van der Waals surface area contributed by atoms with Crippen molar-refractivity contribution in [2.75, 3.05) is 0 Å². The largest absolute Gasteiger partial charge is 0.271 e. The molecule has 0 aliphatic carbocycles. The molecule has 1 aromatic rings. The van der Waals surface area contributed by atoms with Crippen molar-refractivity contribution in [2.45, 2.75) is 19.4 Å². The summed E-state index contributed by atoms with van der Waals surface area (Å²) in [7, 11) is 0. The maximum absolute atomic E-state index is 5.82. The lowest BCUT2D eigenvalue weighted by Gasteiger charge is -2.09. The monoisotopic (exact) mass is 184 g/mol. The molecule has 0 saturated carbocycles. The van der Waals surface area contributed by atoms with Gasteiger partial charge in [0.1, 0.15) is 0 Å². The van der Waals surface area contributed by atoms with E-state index in [1.807, 2.05) is 31.2 Å². The van der Waals surface area contributed by atoms with Crippen LogP contribution in [0.25, 0.3) is 0 Å². The van der Waals surface area contributed by atoms with Crippen LogP contribution in [-0.4, -0.2) is 6.04 Å². The van der Waals surface area contributed by atoms with Gasteiger partial charge >= 0.3 is 0 Å². The Labute approximate surface area is 77.7 Å². The average molecular weight is 185 g/mol. The predicted molar refractivity (Wildman–Crippen MR) is 51.9 cm³/mol. The number of benzene rings is 1. The van der Waals surface area contributed by atoms with E-state index >= 15 is 0 Å². The molecule has 66 valence electrons. The molecule has 1 rings (SSSR count). The molecule has 3 heteroatoms. The second-order valence-electron chi connectivity index (χ2n) is 2.90. The highest BCUT2D eigenvalue weighted by molar-refractivity contribution is 6.30. The van der Waals surface area contributed by atoms with Gasteiger partial charge in [-0.2, -0.15) is 0 Å². The highest BCUT2D eigenvalue weighted by Gasteiger charge is 2.00. The van der Waals surface area contributed by atoms with E-state index in [0.29, 0.717) is 0 Å². The predicted octanol–water partition coefficient (Wildman–Crippen LogP) is 1.73. The quantitative estimate of drug-likeness (QED) is 0.555. The summed E-state index contributed by atoms with van der Waals surface area (Å²) < 4.78 is 0. The molecule has 0 unspecified atom stereocenters. The molecule has 0 heterocycles. The van der Waals surface area contributed by atoms with E-state index in [1.165, 1.54) is 5.56 Å². The maximum atomic E-state index is 5.82. The molecule has 2 nitrogen and oxygen atoms in total. The van der Waals surface area contributed by atoms with Crippen LogP contribution in [0.5, 0.6) is 0 Å². The molecule has 0 aromatic heterocycles. The first kappa shape index (κ1) is 9.52. The lowest BCUT2D eigenvalue weighted by molar-refractivity contribution is 0.568. The smallest absolute Gasteiger partial charge is 0.0408 e. The van der Waals surface area contributed by atoms with Crippen molar-refractivity contribution in [3.63, 3.8) is 0 Å². The van der Waals surface area contributed by atoms with E-state index in [4.69, 9.17) is 17.4 Å². The standard InChI is InChI=1S/C9H13ClN2/c1-7(12-11)5-8-3-2-4-9(10)6-8/h2-4,6-7,12H,5,11H2,1H3/t7-/m0/s1. The topological polar surface area (TPSA) is 38.0 Å².